The van der Waals surface area contributed by atoms with Gasteiger partial charge < -0.3 is 14.8 Å². The largest absolute Gasteiger partial charge is 0.486 e. The molecule has 4 nitrogen and oxygen atoms in total. The van der Waals surface area contributed by atoms with Crippen molar-refractivity contribution in [1.82, 2.24) is 0 Å². The summed E-state index contributed by atoms with van der Waals surface area (Å²) in [6, 6.07) is 5.55. The zero-order chi connectivity index (χ0) is 13.8. The molecule has 0 radical (unpaired) electrons. The van der Waals surface area contributed by atoms with Crippen molar-refractivity contribution in [1.29, 1.82) is 0 Å². The van der Waals surface area contributed by atoms with Crippen LogP contribution in [-0.4, -0.2) is 30.6 Å². The second-order valence-corrected chi connectivity index (χ2v) is 6.39. The average Bonchev–Trinajstić information content (AvgIpc) is 2.48. The molecule has 1 aromatic rings. The number of hydrogen-bond donors (Lipinski definition) is 1. The third kappa shape index (κ3) is 3.39. The molecule has 5 heteroatoms. The lowest BCUT2D eigenvalue weighted by Crippen LogP contribution is -2.20. The summed E-state index contributed by atoms with van der Waals surface area (Å²) in [7, 11) is 0. The third-order valence-corrected chi connectivity index (χ3v) is 4.69. The van der Waals surface area contributed by atoms with Gasteiger partial charge in [-0.3, -0.25) is 4.79 Å². The van der Waals surface area contributed by atoms with Crippen LogP contribution >= 0.6 is 11.8 Å². The fraction of sp³-hybridized carbons (Fsp3) is 0.533. The Kier molecular flexibility index (Phi) is 4.35. The van der Waals surface area contributed by atoms with Crippen LogP contribution in [0.2, 0.25) is 0 Å². The van der Waals surface area contributed by atoms with Crippen molar-refractivity contribution < 1.29 is 14.3 Å². The molecule has 0 bridgehead atoms. The molecule has 3 rings (SSSR count). The number of fused-ring (bicyclic) bond motifs is 1. The van der Waals surface area contributed by atoms with Crippen LogP contribution in [0.25, 0.3) is 0 Å². The molecule has 0 spiro atoms. The molecule has 0 saturated carbocycles. The van der Waals surface area contributed by atoms with E-state index >= 15 is 0 Å². The minimum absolute atomic E-state index is 0.0959. The number of anilines is 1. The molecular weight excluding hydrogens is 274 g/mol. The van der Waals surface area contributed by atoms with Gasteiger partial charge in [-0.15, -0.1) is 0 Å². The zero-order valence-corrected chi connectivity index (χ0v) is 12.2. The van der Waals surface area contributed by atoms with Crippen LogP contribution in [0.5, 0.6) is 11.5 Å². The molecule has 2 heterocycles. The maximum atomic E-state index is 12.1. The predicted molar refractivity (Wildman–Crippen MR) is 80.7 cm³/mol. The second kappa shape index (κ2) is 6.39. The van der Waals surface area contributed by atoms with Gasteiger partial charge in [0.15, 0.2) is 11.5 Å². The maximum absolute atomic E-state index is 12.1. The number of carbonyl (C=O) groups is 1. The topological polar surface area (TPSA) is 47.6 Å². The van der Waals surface area contributed by atoms with E-state index in [9.17, 15) is 4.79 Å². The standard InChI is InChI=1S/C15H19NO3S/c17-15(9-11-3-7-20-8-4-11)16-12-1-2-13-14(10-12)19-6-5-18-13/h1-2,10-11H,3-9H2,(H,16,17). The Morgan fingerprint density at radius 3 is 2.75 bits per heavy atom. The van der Waals surface area contributed by atoms with Gasteiger partial charge in [0.25, 0.3) is 0 Å². The fourth-order valence-electron chi connectivity index (χ4n) is 2.55. The van der Waals surface area contributed by atoms with Gasteiger partial charge in [-0.05, 0) is 42.4 Å². The first kappa shape index (κ1) is 13.6. The summed E-state index contributed by atoms with van der Waals surface area (Å²) < 4.78 is 11.0. The SMILES string of the molecule is O=C(CC1CCSCC1)Nc1ccc2c(c1)OCCO2. The van der Waals surface area contributed by atoms with Crippen molar-refractivity contribution in [3.8, 4) is 11.5 Å². The number of benzene rings is 1. The maximum Gasteiger partial charge on any atom is 0.224 e. The van der Waals surface area contributed by atoms with Crippen molar-refractivity contribution in [3.63, 3.8) is 0 Å². The summed E-state index contributed by atoms with van der Waals surface area (Å²) in [4.78, 5) is 12.1. The number of rotatable bonds is 3. The lowest BCUT2D eigenvalue weighted by molar-refractivity contribution is -0.117. The van der Waals surface area contributed by atoms with E-state index in [0.717, 1.165) is 24.3 Å². The molecule has 0 aromatic heterocycles. The monoisotopic (exact) mass is 293 g/mol. The first-order valence-electron chi connectivity index (χ1n) is 7.08. The van der Waals surface area contributed by atoms with Gasteiger partial charge in [-0.2, -0.15) is 11.8 Å². The van der Waals surface area contributed by atoms with E-state index in [2.05, 4.69) is 5.32 Å². The Morgan fingerprint density at radius 2 is 1.95 bits per heavy atom. The van der Waals surface area contributed by atoms with Gasteiger partial charge in [0.05, 0.1) is 0 Å². The summed E-state index contributed by atoms with van der Waals surface area (Å²) >= 11 is 1.98. The number of nitrogens with one attached hydrogen (secondary N) is 1. The minimum atomic E-state index is 0.0959. The van der Waals surface area contributed by atoms with E-state index in [1.54, 1.807) is 0 Å². The number of ether oxygens (including phenoxy) is 2. The highest BCUT2D eigenvalue weighted by molar-refractivity contribution is 7.99. The Labute approximate surface area is 123 Å². The quantitative estimate of drug-likeness (QED) is 0.931. The first-order chi connectivity index (χ1) is 9.81. The molecule has 0 unspecified atom stereocenters. The molecule has 2 aliphatic heterocycles. The lowest BCUT2D eigenvalue weighted by Gasteiger charge is -2.21. The van der Waals surface area contributed by atoms with Gasteiger partial charge in [0.2, 0.25) is 5.91 Å². The van der Waals surface area contributed by atoms with Crippen LogP contribution in [0, 0.1) is 5.92 Å². The summed E-state index contributed by atoms with van der Waals surface area (Å²) in [6.07, 6.45) is 2.92. The molecule has 1 N–H and O–H groups in total. The lowest BCUT2D eigenvalue weighted by atomic mass is 9.98. The van der Waals surface area contributed by atoms with Crippen molar-refractivity contribution in [2.45, 2.75) is 19.3 Å². The number of carbonyl (C=O) groups excluding carboxylic acids is 1. The number of hydrogen-bond acceptors (Lipinski definition) is 4. The van der Waals surface area contributed by atoms with Gasteiger partial charge in [0, 0.05) is 18.2 Å². The Hall–Kier alpha value is -1.36. The smallest absolute Gasteiger partial charge is 0.224 e. The fourth-order valence-corrected chi connectivity index (χ4v) is 3.75. The molecule has 20 heavy (non-hydrogen) atoms. The summed E-state index contributed by atoms with van der Waals surface area (Å²) in [6.45, 7) is 1.14. The molecule has 1 aromatic carbocycles. The Morgan fingerprint density at radius 1 is 1.20 bits per heavy atom. The van der Waals surface area contributed by atoms with E-state index in [4.69, 9.17) is 9.47 Å². The predicted octanol–water partition coefficient (Wildman–Crippen LogP) is 2.93. The molecule has 1 fully saturated rings. The summed E-state index contributed by atoms with van der Waals surface area (Å²) in [5, 5.41) is 2.96. The van der Waals surface area contributed by atoms with Gasteiger partial charge in [-0.1, -0.05) is 0 Å². The van der Waals surface area contributed by atoms with Crippen LogP contribution in [0.1, 0.15) is 19.3 Å². The van der Waals surface area contributed by atoms with Gasteiger partial charge in [-0.25, -0.2) is 0 Å². The minimum Gasteiger partial charge on any atom is -0.486 e. The van der Waals surface area contributed by atoms with Crippen molar-refractivity contribution in [2.75, 3.05) is 30.0 Å². The van der Waals surface area contributed by atoms with Gasteiger partial charge in [0.1, 0.15) is 13.2 Å². The summed E-state index contributed by atoms with van der Waals surface area (Å²) in [5.74, 6) is 4.46. The molecule has 1 amide bonds. The molecule has 108 valence electrons. The van der Waals surface area contributed by atoms with E-state index < -0.39 is 0 Å². The van der Waals surface area contributed by atoms with Crippen LogP contribution < -0.4 is 14.8 Å². The van der Waals surface area contributed by atoms with Crippen molar-refractivity contribution >= 4 is 23.4 Å². The first-order valence-corrected chi connectivity index (χ1v) is 8.24. The van der Waals surface area contributed by atoms with Crippen LogP contribution in [-0.2, 0) is 4.79 Å². The van der Waals surface area contributed by atoms with E-state index in [-0.39, 0.29) is 5.91 Å². The Balaban J connectivity index is 1.58. The van der Waals surface area contributed by atoms with E-state index in [0.29, 0.717) is 31.3 Å². The third-order valence-electron chi connectivity index (χ3n) is 3.64. The molecule has 0 atom stereocenters. The highest BCUT2D eigenvalue weighted by Gasteiger charge is 2.18. The highest BCUT2D eigenvalue weighted by Crippen LogP contribution is 2.33. The van der Waals surface area contributed by atoms with Gasteiger partial charge >= 0.3 is 0 Å². The molecule has 0 aliphatic carbocycles. The zero-order valence-electron chi connectivity index (χ0n) is 11.4. The number of thioether (sulfide) groups is 1. The van der Waals surface area contributed by atoms with Crippen LogP contribution in [0.4, 0.5) is 5.69 Å². The molecule has 2 aliphatic rings. The number of amides is 1. The van der Waals surface area contributed by atoms with Crippen LogP contribution in [0.3, 0.4) is 0 Å². The highest BCUT2D eigenvalue weighted by atomic mass is 32.2. The van der Waals surface area contributed by atoms with E-state index in [1.807, 2.05) is 30.0 Å². The molecular formula is C15H19NO3S. The summed E-state index contributed by atoms with van der Waals surface area (Å²) in [5.41, 5.74) is 0.782. The Bertz CT molecular complexity index is 486. The van der Waals surface area contributed by atoms with E-state index in [1.165, 1.54) is 11.5 Å². The second-order valence-electron chi connectivity index (χ2n) is 5.17. The van der Waals surface area contributed by atoms with Crippen molar-refractivity contribution in [2.24, 2.45) is 5.92 Å². The average molecular weight is 293 g/mol. The molecule has 1 saturated heterocycles. The van der Waals surface area contributed by atoms with Crippen molar-refractivity contribution in [3.05, 3.63) is 18.2 Å². The van der Waals surface area contributed by atoms with Crippen LogP contribution in [0.15, 0.2) is 18.2 Å². The normalized spacial score (nSPS) is 18.6.